The number of benzene rings is 1. The van der Waals surface area contributed by atoms with Gasteiger partial charge in [-0.25, -0.2) is 0 Å². The Balaban J connectivity index is 1.38. The minimum absolute atomic E-state index is 0.0254. The van der Waals surface area contributed by atoms with Crippen molar-refractivity contribution in [3.63, 3.8) is 0 Å². The van der Waals surface area contributed by atoms with E-state index in [2.05, 4.69) is 19.2 Å². The van der Waals surface area contributed by atoms with Crippen LogP contribution < -0.4 is 10.2 Å². The fraction of sp³-hybridized carbons (Fsp3) is 0.731. The summed E-state index contributed by atoms with van der Waals surface area (Å²) < 4.78 is 50.5. The molecule has 2 aliphatic heterocycles. The Morgan fingerprint density at radius 2 is 1.94 bits per heavy atom. The number of hydrogen-bond acceptors (Lipinski definition) is 5. The van der Waals surface area contributed by atoms with Crippen molar-refractivity contribution < 1.29 is 27.4 Å². The SMILES string of the molecule is CO[C@@H]1COCCC1N[C@@H]1CCC(C(=O)N2CCN(c3cccc(C(F)(F)F)c3)CC2)(C(C)C)C1. The summed E-state index contributed by atoms with van der Waals surface area (Å²) >= 11 is 0. The van der Waals surface area contributed by atoms with Crippen LogP contribution in [0.2, 0.25) is 0 Å². The first-order valence-corrected chi connectivity index (χ1v) is 12.7. The molecule has 0 aromatic heterocycles. The molecule has 1 aliphatic carbocycles. The van der Waals surface area contributed by atoms with Crippen LogP contribution in [-0.2, 0) is 20.4 Å². The lowest BCUT2D eigenvalue weighted by atomic mass is 9.74. The largest absolute Gasteiger partial charge is 0.416 e. The monoisotopic (exact) mass is 497 g/mol. The molecule has 35 heavy (non-hydrogen) atoms. The number of carbonyl (C=O) groups excluding carboxylic acids is 1. The number of nitrogens with one attached hydrogen (secondary N) is 1. The highest BCUT2D eigenvalue weighted by Crippen LogP contribution is 2.46. The van der Waals surface area contributed by atoms with Crippen LogP contribution in [-0.4, -0.2) is 75.5 Å². The number of anilines is 1. The first-order chi connectivity index (χ1) is 16.6. The number of rotatable bonds is 6. The fourth-order valence-corrected chi connectivity index (χ4v) is 5.98. The molecule has 4 rings (SSSR count). The standard InChI is InChI=1S/C26H38F3N3O3/c1-18(2)25(9-7-20(16-25)30-22-8-14-35-17-23(22)34-3)24(33)32-12-10-31(11-13-32)21-6-4-5-19(15-21)26(27,28)29/h4-6,15,18,20,22-23,30H,7-14,16-17H2,1-3H3/t20-,22?,23-,25?/m1/s1. The number of ether oxygens (including phenoxy) is 2. The van der Waals surface area contributed by atoms with Gasteiger partial charge in [0.25, 0.3) is 0 Å². The molecule has 3 fully saturated rings. The molecule has 2 heterocycles. The maximum absolute atomic E-state index is 13.8. The van der Waals surface area contributed by atoms with E-state index in [1.807, 2.05) is 9.80 Å². The molecule has 1 saturated carbocycles. The van der Waals surface area contributed by atoms with E-state index in [-0.39, 0.29) is 30.0 Å². The molecule has 6 nitrogen and oxygen atoms in total. The molecule has 0 spiro atoms. The highest BCUT2D eigenvalue weighted by Gasteiger charge is 2.50. The van der Waals surface area contributed by atoms with Crippen molar-refractivity contribution in [3.05, 3.63) is 29.8 Å². The number of alkyl halides is 3. The van der Waals surface area contributed by atoms with Crippen molar-refractivity contribution in [2.45, 2.75) is 63.9 Å². The van der Waals surface area contributed by atoms with Crippen LogP contribution in [0.15, 0.2) is 24.3 Å². The number of nitrogens with zero attached hydrogens (tertiary/aromatic N) is 2. The summed E-state index contributed by atoms with van der Waals surface area (Å²) in [6.45, 7) is 7.67. The summed E-state index contributed by atoms with van der Waals surface area (Å²) in [5.41, 5.74) is -0.499. The topological polar surface area (TPSA) is 54.0 Å². The molecule has 2 saturated heterocycles. The van der Waals surface area contributed by atoms with Gasteiger partial charge in [-0.1, -0.05) is 19.9 Å². The Morgan fingerprint density at radius 3 is 2.60 bits per heavy atom. The summed E-state index contributed by atoms with van der Waals surface area (Å²) in [7, 11) is 1.71. The maximum Gasteiger partial charge on any atom is 0.416 e. The number of halogens is 3. The number of piperazine rings is 1. The third kappa shape index (κ3) is 5.62. The number of carbonyl (C=O) groups is 1. The number of amides is 1. The fourth-order valence-electron chi connectivity index (χ4n) is 5.98. The van der Waals surface area contributed by atoms with Crippen molar-refractivity contribution in [3.8, 4) is 0 Å². The Labute approximate surface area is 206 Å². The maximum atomic E-state index is 13.8. The summed E-state index contributed by atoms with van der Waals surface area (Å²) in [4.78, 5) is 17.7. The average molecular weight is 498 g/mol. The van der Waals surface area contributed by atoms with Gasteiger partial charge in [0.15, 0.2) is 0 Å². The van der Waals surface area contributed by atoms with Gasteiger partial charge in [-0.3, -0.25) is 4.79 Å². The smallest absolute Gasteiger partial charge is 0.379 e. The van der Waals surface area contributed by atoms with E-state index in [0.717, 1.165) is 31.7 Å². The van der Waals surface area contributed by atoms with Crippen LogP contribution in [0.1, 0.15) is 45.1 Å². The van der Waals surface area contributed by atoms with Crippen LogP contribution >= 0.6 is 0 Å². The zero-order chi connectivity index (χ0) is 25.2. The molecule has 3 aliphatic rings. The van der Waals surface area contributed by atoms with Crippen molar-refractivity contribution in [1.82, 2.24) is 10.2 Å². The van der Waals surface area contributed by atoms with E-state index in [0.29, 0.717) is 45.1 Å². The second-order valence-corrected chi connectivity index (χ2v) is 10.5. The highest BCUT2D eigenvalue weighted by atomic mass is 19.4. The third-order valence-corrected chi connectivity index (χ3v) is 8.24. The Hall–Kier alpha value is -1.84. The average Bonchev–Trinajstić information content (AvgIpc) is 3.29. The molecule has 1 aromatic carbocycles. The van der Waals surface area contributed by atoms with Crippen LogP contribution in [0.25, 0.3) is 0 Å². The summed E-state index contributed by atoms with van der Waals surface area (Å²) in [5, 5.41) is 3.76. The first-order valence-electron chi connectivity index (χ1n) is 12.7. The first kappa shape index (κ1) is 26.2. The molecule has 0 radical (unpaired) electrons. The molecular weight excluding hydrogens is 459 g/mol. The van der Waals surface area contributed by atoms with Crippen molar-refractivity contribution in [1.29, 1.82) is 0 Å². The van der Waals surface area contributed by atoms with Crippen LogP contribution in [0.4, 0.5) is 18.9 Å². The van der Waals surface area contributed by atoms with Gasteiger partial charge in [0, 0.05) is 57.7 Å². The lowest BCUT2D eigenvalue weighted by molar-refractivity contribution is -0.145. The lowest BCUT2D eigenvalue weighted by Gasteiger charge is -2.42. The molecule has 1 amide bonds. The highest BCUT2D eigenvalue weighted by molar-refractivity contribution is 5.84. The predicted molar refractivity (Wildman–Crippen MR) is 128 cm³/mol. The summed E-state index contributed by atoms with van der Waals surface area (Å²) in [6.07, 6.45) is -0.853. The lowest BCUT2D eigenvalue weighted by Crippen LogP contribution is -2.55. The van der Waals surface area contributed by atoms with Gasteiger partial charge in [0.2, 0.25) is 5.91 Å². The van der Waals surface area contributed by atoms with Gasteiger partial charge in [-0.05, 0) is 49.8 Å². The number of hydrogen-bond donors (Lipinski definition) is 1. The molecule has 196 valence electrons. The predicted octanol–water partition coefficient (Wildman–Crippen LogP) is 3.94. The Kier molecular flexibility index (Phi) is 7.98. The van der Waals surface area contributed by atoms with E-state index < -0.39 is 17.2 Å². The second-order valence-electron chi connectivity index (χ2n) is 10.5. The van der Waals surface area contributed by atoms with Crippen molar-refractivity contribution in [2.75, 3.05) is 51.4 Å². The second kappa shape index (κ2) is 10.6. The number of methoxy groups -OCH3 is 1. The zero-order valence-corrected chi connectivity index (χ0v) is 20.9. The van der Waals surface area contributed by atoms with E-state index in [1.54, 1.807) is 13.2 Å². The van der Waals surface area contributed by atoms with Crippen LogP contribution in [0.3, 0.4) is 0 Å². The molecule has 4 atom stereocenters. The van der Waals surface area contributed by atoms with Crippen LogP contribution in [0, 0.1) is 11.3 Å². The minimum atomic E-state index is -4.36. The van der Waals surface area contributed by atoms with Crippen molar-refractivity contribution >= 4 is 11.6 Å². The van der Waals surface area contributed by atoms with Gasteiger partial charge in [-0.15, -0.1) is 0 Å². The van der Waals surface area contributed by atoms with E-state index in [4.69, 9.17) is 9.47 Å². The molecule has 0 bridgehead atoms. The third-order valence-electron chi connectivity index (χ3n) is 8.24. The van der Waals surface area contributed by atoms with E-state index in [9.17, 15) is 18.0 Å². The van der Waals surface area contributed by atoms with Gasteiger partial charge in [0.1, 0.15) is 0 Å². The van der Waals surface area contributed by atoms with Gasteiger partial charge in [0.05, 0.1) is 23.7 Å². The Bertz CT molecular complexity index is 873. The van der Waals surface area contributed by atoms with E-state index in [1.165, 1.54) is 12.1 Å². The molecular formula is C26H38F3N3O3. The van der Waals surface area contributed by atoms with Gasteiger partial charge >= 0.3 is 6.18 Å². The minimum Gasteiger partial charge on any atom is -0.379 e. The van der Waals surface area contributed by atoms with Gasteiger partial charge in [-0.2, -0.15) is 13.2 Å². The van der Waals surface area contributed by atoms with Crippen LogP contribution in [0.5, 0.6) is 0 Å². The normalized spacial score (nSPS) is 30.2. The van der Waals surface area contributed by atoms with Crippen molar-refractivity contribution in [2.24, 2.45) is 11.3 Å². The quantitative estimate of drug-likeness (QED) is 0.645. The Morgan fingerprint density at radius 1 is 1.20 bits per heavy atom. The van der Waals surface area contributed by atoms with E-state index >= 15 is 0 Å². The molecule has 1 aromatic rings. The summed E-state index contributed by atoms with van der Waals surface area (Å²) in [5.74, 6) is 0.395. The summed E-state index contributed by atoms with van der Waals surface area (Å²) in [6, 6.07) is 5.93. The molecule has 1 N–H and O–H groups in total. The molecule has 9 heteroatoms. The molecule has 2 unspecified atom stereocenters. The van der Waals surface area contributed by atoms with Gasteiger partial charge < -0.3 is 24.6 Å². The zero-order valence-electron chi connectivity index (χ0n) is 20.9.